The summed E-state index contributed by atoms with van der Waals surface area (Å²) in [5, 5.41) is 31.4. The quantitative estimate of drug-likeness (QED) is 0.588. The van der Waals surface area contributed by atoms with Gasteiger partial charge in [0.15, 0.2) is 5.75 Å². The molecule has 1 aliphatic heterocycles. The summed E-state index contributed by atoms with van der Waals surface area (Å²) in [6.07, 6.45) is 0. The number of para-hydroxylation sites is 1. The van der Waals surface area contributed by atoms with Crippen LogP contribution in [0.3, 0.4) is 0 Å². The SMILES string of the molecule is CN1Cc2c(Cl)cc(Cl)cc2[C@H](c2ccccc2-n2c(O)cc(O)c2O)C1. The lowest BCUT2D eigenvalue weighted by Gasteiger charge is -2.34. The zero-order chi connectivity index (χ0) is 19.3. The Bertz CT molecular complexity index is 1030. The van der Waals surface area contributed by atoms with E-state index < -0.39 is 5.88 Å². The number of rotatable bonds is 2. The fourth-order valence-electron chi connectivity index (χ4n) is 3.81. The fraction of sp³-hybridized carbons (Fsp3) is 0.200. The van der Waals surface area contributed by atoms with Crippen LogP contribution >= 0.6 is 23.2 Å². The van der Waals surface area contributed by atoms with Crippen molar-refractivity contribution in [1.29, 1.82) is 0 Å². The lowest BCUT2D eigenvalue weighted by molar-refractivity contribution is 0.295. The summed E-state index contributed by atoms with van der Waals surface area (Å²) in [4.78, 5) is 2.16. The van der Waals surface area contributed by atoms with E-state index in [0.717, 1.165) is 29.3 Å². The van der Waals surface area contributed by atoms with Gasteiger partial charge in [0.05, 0.1) is 5.69 Å². The molecule has 0 amide bonds. The first kappa shape index (κ1) is 18.0. The predicted molar refractivity (Wildman–Crippen MR) is 105 cm³/mol. The predicted octanol–water partition coefficient (Wildman–Crippen LogP) is 4.48. The average Bonchev–Trinajstić information content (AvgIpc) is 2.87. The second-order valence-corrected chi connectivity index (χ2v) is 7.65. The molecule has 7 heteroatoms. The summed E-state index contributed by atoms with van der Waals surface area (Å²) < 4.78 is 1.23. The van der Waals surface area contributed by atoms with E-state index in [2.05, 4.69) is 4.90 Å². The molecule has 0 radical (unpaired) electrons. The molecule has 2 aromatic carbocycles. The molecule has 0 bridgehead atoms. The van der Waals surface area contributed by atoms with Crippen molar-refractivity contribution >= 4 is 23.2 Å². The van der Waals surface area contributed by atoms with Gasteiger partial charge in [-0.2, -0.15) is 0 Å². The standard InChI is InChI=1S/C20H18Cl2N2O3/c1-23-9-14(13-6-11(21)7-16(22)15(13)10-23)12-4-2-3-5-17(12)24-19(26)8-18(25)20(24)27/h2-8,14,25-27H,9-10H2,1H3/t14-/m0/s1. The van der Waals surface area contributed by atoms with Crippen LogP contribution in [0.25, 0.3) is 5.69 Å². The second kappa shape index (κ2) is 6.68. The highest BCUT2D eigenvalue weighted by Crippen LogP contribution is 2.43. The summed E-state index contributed by atoms with van der Waals surface area (Å²) in [5.41, 5.74) is 3.49. The van der Waals surface area contributed by atoms with Crippen LogP contribution in [0.5, 0.6) is 17.5 Å². The molecule has 0 fully saturated rings. The van der Waals surface area contributed by atoms with Crippen LogP contribution in [0.1, 0.15) is 22.6 Å². The van der Waals surface area contributed by atoms with E-state index in [4.69, 9.17) is 23.2 Å². The molecule has 0 saturated heterocycles. The highest BCUT2D eigenvalue weighted by atomic mass is 35.5. The van der Waals surface area contributed by atoms with Crippen LogP contribution in [0.4, 0.5) is 0 Å². The molecule has 5 nitrogen and oxygen atoms in total. The van der Waals surface area contributed by atoms with Gasteiger partial charge in [0.25, 0.3) is 0 Å². The Balaban J connectivity index is 1.94. The van der Waals surface area contributed by atoms with Crippen molar-refractivity contribution in [2.45, 2.75) is 12.5 Å². The number of aromatic hydroxyl groups is 3. The van der Waals surface area contributed by atoms with E-state index in [9.17, 15) is 15.3 Å². The Labute approximate surface area is 166 Å². The minimum Gasteiger partial charge on any atom is -0.503 e. The van der Waals surface area contributed by atoms with E-state index in [0.29, 0.717) is 22.3 Å². The molecule has 3 N–H and O–H groups in total. The molecule has 2 heterocycles. The number of fused-ring (bicyclic) bond motifs is 1. The molecular formula is C20H18Cl2N2O3. The largest absolute Gasteiger partial charge is 0.503 e. The zero-order valence-electron chi connectivity index (χ0n) is 14.5. The second-order valence-electron chi connectivity index (χ2n) is 6.81. The van der Waals surface area contributed by atoms with Crippen LogP contribution in [0.15, 0.2) is 42.5 Å². The highest BCUT2D eigenvalue weighted by Gasteiger charge is 2.30. The first-order valence-corrected chi connectivity index (χ1v) is 9.20. The van der Waals surface area contributed by atoms with Crippen LogP contribution in [-0.2, 0) is 6.54 Å². The Morgan fingerprint density at radius 2 is 1.74 bits per heavy atom. The topological polar surface area (TPSA) is 68.9 Å². The van der Waals surface area contributed by atoms with Crippen molar-refractivity contribution in [2.75, 3.05) is 13.6 Å². The van der Waals surface area contributed by atoms with Gasteiger partial charge < -0.3 is 20.2 Å². The van der Waals surface area contributed by atoms with Gasteiger partial charge >= 0.3 is 0 Å². The van der Waals surface area contributed by atoms with Gasteiger partial charge in [-0.15, -0.1) is 0 Å². The first-order chi connectivity index (χ1) is 12.9. The third kappa shape index (κ3) is 3.02. The number of likely N-dealkylation sites (N-methyl/N-ethyl adjacent to an activating group) is 1. The Morgan fingerprint density at radius 1 is 1.00 bits per heavy atom. The fourth-order valence-corrected chi connectivity index (χ4v) is 4.38. The first-order valence-electron chi connectivity index (χ1n) is 8.45. The molecule has 1 aliphatic rings. The molecule has 0 saturated carbocycles. The number of halogens is 2. The molecule has 27 heavy (non-hydrogen) atoms. The molecule has 0 aliphatic carbocycles. The van der Waals surface area contributed by atoms with Gasteiger partial charge in [0, 0.05) is 35.1 Å². The number of benzene rings is 2. The molecule has 1 aromatic heterocycles. The number of aromatic nitrogens is 1. The van der Waals surface area contributed by atoms with Crippen molar-refractivity contribution in [3.8, 4) is 23.2 Å². The maximum absolute atomic E-state index is 10.2. The Morgan fingerprint density at radius 3 is 2.44 bits per heavy atom. The minimum atomic E-state index is -0.409. The van der Waals surface area contributed by atoms with Crippen LogP contribution in [0, 0.1) is 0 Å². The summed E-state index contributed by atoms with van der Waals surface area (Å²) in [5.74, 6) is -1.11. The van der Waals surface area contributed by atoms with Gasteiger partial charge in [-0.1, -0.05) is 41.4 Å². The van der Waals surface area contributed by atoms with Gasteiger partial charge in [-0.05, 0) is 41.9 Å². The summed E-state index contributed by atoms with van der Waals surface area (Å²) in [6, 6.07) is 12.2. The lowest BCUT2D eigenvalue weighted by atomic mass is 9.84. The van der Waals surface area contributed by atoms with E-state index in [-0.39, 0.29) is 17.5 Å². The summed E-state index contributed by atoms with van der Waals surface area (Å²) >= 11 is 12.7. The van der Waals surface area contributed by atoms with Crippen molar-refractivity contribution in [3.05, 3.63) is 69.2 Å². The molecule has 0 unspecified atom stereocenters. The van der Waals surface area contributed by atoms with Crippen molar-refractivity contribution in [3.63, 3.8) is 0 Å². The van der Waals surface area contributed by atoms with Crippen molar-refractivity contribution in [1.82, 2.24) is 9.47 Å². The zero-order valence-corrected chi connectivity index (χ0v) is 16.0. The summed E-state index contributed by atoms with van der Waals surface area (Å²) in [7, 11) is 2.01. The van der Waals surface area contributed by atoms with Gasteiger partial charge in [0.1, 0.15) is 0 Å². The van der Waals surface area contributed by atoms with Gasteiger partial charge in [-0.3, -0.25) is 0 Å². The highest BCUT2D eigenvalue weighted by molar-refractivity contribution is 6.35. The molecule has 3 aromatic rings. The number of hydrogen-bond acceptors (Lipinski definition) is 4. The number of hydrogen-bond donors (Lipinski definition) is 3. The normalized spacial score (nSPS) is 17.1. The van der Waals surface area contributed by atoms with E-state index in [1.807, 2.05) is 31.3 Å². The molecule has 0 spiro atoms. The van der Waals surface area contributed by atoms with Crippen molar-refractivity contribution in [2.24, 2.45) is 0 Å². The maximum Gasteiger partial charge on any atom is 0.242 e. The summed E-state index contributed by atoms with van der Waals surface area (Å²) in [6.45, 7) is 1.43. The molecule has 4 rings (SSSR count). The van der Waals surface area contributed by atoms with Gasteiger partial charge in [-0.25, -0.2) is 4.57 Å². The molecule has 1 atom stereocenters. The average molecular weight is 405 g/mol. The molecular weight excluding hydrogens is 387 g/mol. The Hall–Kier alpha value is -2.34. The third-order valence-electron chi connectivity index (χ3n) is 4.98. The van der Waals surface area contributed by atoms with Crippen LogP contribution in [-0.4, -0.2) is 38.4 Å². The van der Waals surface area contributed by atoms with Crippen LogP contribution in [0.2, 0.25) is 10.0 Å². The lowest BCUT2D eigenvalue weighted by Crippen LogP contribution is -2.31. The van der Waals surface area contributed by atoms with Crippen LogP contribution < -0.4 is 0 Å². The smallest absolute Gasteiger partial charge is 0.242 e. The monoisotopic (exact) mass is 404 g/mol. The van der Waals surface area contributed by atoms with Crippen molar-refractivity contribution < 1.29 is 15.3 Å². The van der Waals surface area contributed by atoms with E-state index in [1.54, 1.807) is 12.1 Å². The third-order valence-corrected chi connectivity index (χ3v) is 5.54. The minimum absolute atomic E-state index is 0.0745. The Kier molecular flexibility index (Phi) is 4.46. The van der Waals surface area contributed by atoms with E-state index >= 15 is 0 Å². The van der Waals surface area contributed by atoms with Gasteiger partial charge in [0.2, 0.25) is 11.8 Å². The maximum atomic E-state index is 10.2. The van der Waals surface area contributed by atoms with E-state index in [1.165, 1.54) is 4.57 Å². The number of nitrogens with zero attached hydrogens (tertiary/aromatic N) is 2. The molecule has 140 valence electrons.